The molecule has 58 heavy (non-hydrogen) atoms. The molecule has 8 heteroatoms. The van der Waals surface area contributed by atoms with Gasteiger partial charge in [0.1, 0.15) is 5.76 Å². The Labute approximate surface area is 346 Å². The van der Waals surface area contributed by atoms with Gasteiger partial charge in [0.15, 0.2) is 0 Å². The normalized spacial score (nSPS) is 22.9. The lowest BCUT2D eigenvalue weighted by atomic mass is 9.85. The Morgan fingerprint density at radius 1 is 0.966 bits per heavy atom. The number of aliphatic imine (C=N–C) groups is 3. The minimum Gasteiger partial charge on any atom is -0.511 e. The van der Waals surface area contributed by atoms with Crippen molar-refractivity contribution >= 4 is 23.1 Å². The zero-order valence-corrected chi connectivity index (χ0v) is 36.5. The van der Waals surface area contributed by atoms with Crippen LogP contribution in [0.4, 0.5) is 0 Å². The maximum atomic E-state index is 13.3. The fourth-order valence-corrected chi connectivity index (χ4v) is 9.36. The van der Waals surface area contributed by atoms with Gasteiger partial charge in [-0.1, -0.05) is 44.9 Å². The van der Waals surface area contributed by atoms with Gasteiger partial charge in [0, 0.05) is 52.8 Å². The van der Waals surface area contributed by atoms with Gasteiger partial charge in [-0.3, -0.25) is 4.79 Å². The Balaban J connectivity index is 1.30. The molecule has 0 amide bonds. The summed E-state index contributed by atoms with van der Waals surface area (Å²) in [7, 11) is 0. The number of allylic oxidation sites excluding steroid dienone is 15. The summed E-state index contributed by atoms with van der Waals surface area (Å²) in [4.78, 5) is 28.9. The topological polar surface area (TPSA) is 116 Å². The van der Waals surface area contributed by atoms with E-state index in [9.17, 15) is 15.0 Å². The summed E-state index contributed by atoms with van der Waals surface area (Å²) in [6.45, 7) is 24.9. The van der Waals surface area contributed by atoms with E-state index in [1.165, 1.54) is 11.1 Å². The fraction of sp³-hybridized carbons (Fsp3) is 0.480. The second kappa shape index (κ2) is 18.0. The molecule has 6 aliphatic rings. The average Bonchev–Trinajstić information content (AvgIpc) is 3.94. The summed E-state index contributed by atoms with van der Waals surface area (Å²) >= 11 is 0. The van der Waals surface area contributed by atoms with Crippen molar-refractivity contribution in [1.29, 1.82) is 0 Å². The van der Waals surface area contributed by atoms with Gasteiger partial charge in [-0.2, -0.15) is 0 Å². The number of nitrogens with one attached hydrogen (secondary N) is 1. The van der Waals surface area contributed by atoms with Crippen LogP contribution in [-0.4, -0.2) is 39.4 Å². The third-order valence-electron chi connectivity index (χ3n) is 12.7. The van der Waals surface area contributed by atoms with Gasteiger partial charge in [-0.05, 0) is 145 Å². The van der Waals surface area contributed by atoms with Gasteiger partial charge in [-0.25, -0.2) is 15.0 Å². The van der Waals surface area contributed by atoms with Crippen LogP contribution < -0.4 is 5.32 Å². The van der Waals surface area contributed by atoms with Crippen molar-refractivity contribution in [1.82, 2.24) is 5.32 Å². The SMILES string of the molecule is C=C(C)CCC/C(C)=C/CCC(C)/C=C/OC(=O)CC[C@@H]1C2=C3CC(O)=C4C3=NC(=C4CC)C=C3N=C(C=C4N=C(C(C)=C(N2)[C@H]1C)C(C)=C4[C@@H](C)O)C(C)=C3CC. The number of aliphatic hydroxyl groups is 2. The number of hydrogen-bond donors (Lipinski definition) is 3. The third kappa shape index (κ3) is 8.63. The quantitative estimate of drug-likeness (QED) is 0.0869. The largest absolute Gasteiger partial charge is 0.511 e. The highest BCUT2D eigenvalue weighted by molar-refractivity contribution is 6.21. The molecule has 8 bridgehead atoms. The van der Waals surface area contributed by atoms with E-state index in [1.54, 1.807) is 13.2 Å². The number of fused-ring (bicyclic) bond motifs is 5. The van der Waals surface area contributed by atoms with Crippen molar-refractivity contribution in [2.24, 2.45) is 32.7 Å². The molecule has 0 radical (unpaired) electrons. The molecule has 0 aromatic carbocycles. The fourth-order valence-electron chi connectivity index (χ4n) is 9.36. The molecular formula is C50H64N4O4. The minimum absolute atomic E-state index is 0.00319. The molecule has 1 saturated heterocycles. The summed E-state index contributed by atoms with van der Waals surface area (Å²) in [6, 6.07) is 0. The number of carbonyl (C=O) groups is 1. The highest BCUT2D eigenvalue weighted by atomic mass is 16.5. The molecule has 1 aliphatic carbocycles. The molecule has 5 heterocycles. The lowest BCUT2D eigenvalue weighted by Gasteiger charge is -2.18. The van der Waals surface area contributed by atoms with Crippen LogP contribution in [0.1, 0.15) is 133 Å². The molecule has 8 nitrogen and oxygen atoms in total. The van der Waals surface area contributed by atoms with E-state index in [0.29, 0.717) is 25.0 Å². The maximum absolute atomic E-state index is 13.3. The van der Waals surface area contributed by atoms with E-state index < -0.39 is 6.10 Å². The van der Waals surface area contributed by atoms with Crippen LogP contribution >= 0.6 is 0 Å². The van der Waals surface area contributed by atoms with Crippen LogP contribution in [0.5, 0.6) is 0 Å². The first-order chi connectivity index (χ1) is 27.6. The molecule has 308 valence electrons. The minimum atomic E-state index is -0.723. The number of esters is 1. The highest BCUT2D eigenvalue weighted by Gasteiger charge is 2.42. The molecule has 0 aromatic rings. The van der Waals surface area contributed by atoms with Crippen LogP contribution in [0.3, 0.4) is 0 Å². The van der Waals surface area contributed by atoms with Gasteiger partial charge in [0.2, 0.25) is 0 Å². The Bertz CT molecular complexity index is 2200. The predicted octanol–water partition coefficient (Wildman–Crippen LogP) is 11.8. The van der Waals surface area contributed by atoms with E-state index in [4.69, 9.17) is 19.7 Å². The zero-order valence-electron chi connectivity index (χ0n) is 36.5. The number of ether oxygens (including phenoxy) is 1. The molecule has 0 spiro atoms. The van der Waals surface area contributed by atoms with E-state index >= 15 is 0 Å². The van der Waals surface area contributed by atoms with Crippen molar-refractivity contribution in [2.75, 3.05) is 0 Å². The van der Waals surface area contributed by atoms with Gasteiger partial charge in [0.25, 0.3) is 0 Å². The highest BCUT2D eigenvalue weighted by Crippen LogP contribution is 2.48. The summed E-state index contributed by atoms with van der Waals surface area (Å²) in [5, 5.41) is 26.5. The number of carbonyl (C=O) groups excluding carboxylic acids is 1. The Hall–Kier alpha value is -4.82. The number of nitrogens with zero attached hydrogens (tertiary/aromatic N) is 3. The summed E-state index contributed by atoms with van der Waals surface area (Å²) in [5.74, 6) is 0.287. The van der Waals surface area contributed by atoms with Crippen LogP contribution in [0.2, 0.25) is 0 Å². The lowest BCUT2D eigenvalue weighted by molar-refractivity contribution is -0.138. The monoisotopic (exact) mass is 784 g/mol. The van der Waals surface area contributed by atoms with E-state index in [-0.39, 0.29) is 30.1 Å². The Morgan fingerprint density at radius 3 is 2.40 bits per heavy atom. The number of aliphatic hydroxyl groups excluding tert-OH is 2. The number of rotatable bonds is 15. The standard InChI is InChI=1S/C50H64N4O4/c1-12-35-30(7)39-25-42-45(34(11)55)32(9)48(53-42)33(10)47-31(8)37(20-21-44(57)58-23-22-29(6)19-15-18-28(5)17-14-16-27(3)4)49(54-47)38-24-43(56)46-36(13-2)41(52-50(38)46)26-40(35)51-39/h18,22-23,25-26,29,31,34,37,54-56H,3,12-17,19-21,24H2,1-2,4-11H3/b23-22+,28-18+,40-26?,42-25?,47-33?,49-38?/t29?,31-,34+,37-/m0/s1. The summed E-state index contributed by atoms with van der Waals surface area (Å²) in [6.07, 6.45) is 17.2. The Kier molecular flexibility index (Phi) is 13.3. The first kappa shape index (κ1) is 42.8. The number of hydrogen-bond acceptors (Lipinski definition) is 8. The second-order valence-corrected chi connectivity index (χ2v) is 17.1. The van der Waals surface area contributed by atoms with Crippen molar-refractivity contribution in [3.05, 3.63) is 127 Å². The first-order valence-corrected chi connectivity index (χ1v) is 21.5. The van der Waals surface area contributed by atoms with Crippen LogP contribution in [-0.2, 0) is 9.53 Å². The molecule has 3 N–H and O–H groups in total. The van der Waals surface area contributed by atoms with E-state index in [1.807, 2.05) is 19.1 Å². The van der Waals surface area contributed by atoms with Crippen molar-refractivity contribution < 1.29 is 19.7 Å². The van der Waals surface area contributed by atoms with Crippen molar-refractivity contribution in [2.45, 2.75) is 140 Å². The van der Waals surface area contributed by atoms with Gasteiger partial charge in [0.05, 0.1) is 46.6 Å². The molecule has 1 unspecified atom stereocenters. The van der Waals surface area contributed by atoms with Crippen LogP contribution in [0.25, 0.3) is 0 Å². The molecule has 0 aromatic heterocycles. The van der Waals surface area contributed by atoms with Crippen LogP contribution in [0, 0.1) is 17.8 Å². The van der Waals surface area contributed by atoms with Crippen molar-refractivity contribution in [3.63, 3.8) is 0 Å². The molecular weight excluding hydrogens is 721 g/mol. The summed E-state index contributed by atoms with van der Waals surface area (Å²) in [5.41, 5.74) is 17.3. The molecule has 6 rings (SSSR count). The Morgan fingerprint density at radius 2 is 1.71 bits per heavy atom. The zero-order chi connectivity index (χ0) is 42.0. The van der Waals surface area contributed by atoms with Crippen LogP contribution in [0.15, 0.2) is 142 Å². The van der Waals surface area contributed by atoms with E-state index in [0.717, 1.165) is 129 Å². The first-order valence-electron chi connectivity index (χ1n) is 21.5. The average molecular weight is 785 g/mol. The summed E-state index contributed by atoms with van der Waals surface area (Å²) < 4.78 is 5.66. The van der Waals surface area contributed by atoms with Gasteiger partial charge >= 0.3 is 5.97 Å². The van der Waals surface area contributed by atoms with Gasteiger partial charge < -0.3 is 20.3 Å². The third-order valence-corrected chi connectivity index (χ3v) is 12.7. The lowest BCUT2D eigenvalue weighted by Crippen LogP contribution is -2.16. The molecule has 5 aliphatic heterocycles. The second-order valence-electron chi connectivity index (χ2n) is 17.1. The smallest absolute Gasteiger partial charge is 0.310 e. The van der Waals surface area contributed by atoms with E-state index in [2.05, 4.69) is 79.4 Å². The van der Waals surface area contributed by atoms with Crippen molar-refractivity contribution in [3.8, 4) is 0 Å². The molecule has 1 fully saturated rings. The van der Waals surface area contributed by atoms with Gasteiger partial charge in [-0.15, -0.1) is 6.58 Å². The molecule has 4 atom stereocenters. The predicted molar refractivity (Wildman–Crippen MR) is 238 cm³/mol. The maximum Gasteiger partial charge on any atom is 0.310 e. The molecule has 0 saturated carbocycles.